The van der Waals surface area contributed by atoms with Crippen molar-refractivity contribution < 1.29 is 8.42 Å². The lowest BCUT2D eigenvalue weighted by Gasteiger charge is -2.28. The summed E-state index contributed by atoms with van der Waals surface area (Å²) in [6.45, 7) is 13.4. The van der Waals surface area contributed by atoms with Crippen molar-refractivity contribution in [2.24, 2.45) is 0 Å². The Labute approximate surface area is 182 Å². The van der Waals surface area contributed by atoms with Crippen LogP contribution in [0, 0.1) is 0 Å². The van der Waals surface area contributed by atoms with Crippen LogP contribution in [0.1, 0.15) is 64.7 Å². The molecule has 0 spiro atoms. The van der Waals surface area contributed by atoms with Gasteiger partial charge in [-0.05, 0) is 40.0 Å². The summed E-state index contributed by atoms with van der Waals surface area (Å²) >= 11 is 10.8. The van der Waals surface area contributed by atoms with Crippen LogP contribution in [-0.2, 0) is 26.4 Å². The highest BCUT2D eigenvalue weighted by Crippen LogP contribution is 2.37. The molecule has 7 heteroatoms. The summed E-state index contributed by atoms with van der Waals surface area (Å²) in [6.07, 6.45) is 0.639. The Kier molecular flexibility index (Phi) is 7.15. The number of thiocarbonyl (C=S) groups is 1. The predicted molar refractivity (Wildman–Crippen MR) is 126 cm³/mol. The highest BCUT2D eigenvalue weighted by molar-refractivity contribution is 9.10. The van der Waals surface area contributed by atoms with Gasteiger partial charge >= 0.3 is 0 Å². The Balaban J connectivity index is 2.17. The van der Waals surface area contributed by atoms with Crippen molar-refractivity contribution in [2.75, 3.05) is 11.5 Å². The Morgan fingerprint density at radius 3 is 2.33 bits per heavy atom. The number of halogens is 1. The number of rotatable bonds is 3. The third-order valence-corrected chi connectivity index (χ3v) is 8.53. The van der Waals surface area contributed by atoms with E-state index in [-0.39, 0.29) is 28.4 Å². The zero-order valence-corrected chi connectivity index (χ0v) is 21.0. The summed E-state index contributed by atoms with van der Waals surface area (Å²) < 4.78 is 25.0. The first kappa shape index (κ1) is 23.2. The van der Waals surface area contributed by atoms with Gasteiger partial charge in [-0.2, -0.15) is 0 Å². The molecule has 3 nitrogen and oxygen atoms in total. The standard InChI is InChI=1S/C20H30BrNO2S3/c1-19(2,3)13-9-16(20(4,5)6)15(17(21)10-13)11-26-18(25)22-14-7-8-27(23,24)12-14/h9-10,14H,7-8,11-12H2,1-6H3,(H,22,25). The molecule has 1 heterocycles. The first-order valence-electron chi connectivity index (χ1n) is 9.16. The Morgan fingerprint density at radius 2 is 1.85 bits per heavy atom. The topological polar surface area (TPSA) is 46.2 Å². The van der Waals surface area contributed by atoms with Crippen molar-refractivity contribution in [3.8, 4) is 0 Å². The summed E-state index contributed by atoms with van der Waals surface area (Å²) in [7, 11) is -2.90. The van der Waals surface area contributed by atoms with E-state index in [0.29, 0.717) is 10.7 Å². The second-order valence-electron chi connectivity index (χ2n) is 9.30. The molecule has 1 N–H and O–H groups in total. The molecule has 0 aromatic heterocycles. The zero-order valence-electron chi connectivity index (χ0n) is 17.0. The van der Waals surface area contributed by atoms with E-state index in [2.05, 4.69) is 74.9 Å². The van der Waals surface area contributed by atoms with E-state index in [0.717, 1.165) is 10.2 Å². The van der Waals surface area contributed by atoms with Crippen molar-refractivity contribution in [2.45, 2.75) is 70.6 Å². The van der Waals surface area contributed by atoms with Gasteiger partial charge in [0.1, 0.15) is 4.32 Å². The van der Waals surface area contributed by atoms with E-state index in [1.54, 1.807) is 11.8 Å². The molecule has 0 radical (unpaired) electrons. The fourth-order valence-corrected chi connectivity index (χ4v) is 6.78. The lowest BCUT2D eigenvalue weighted by atomic mass is 9.79. The number of hydrogen-bond acceptors (Lipinski definition) is 4. The maximum absolute atomic E-state index is 11.6. The van der Waals surface area contributed by atoms with Crippen LogP contribution >= 0.6 is 39.9 Å². The molecule has 2 rings (SSSR count). The molecular formula is C20H30BrNO2S3. The SMILES string of the molecule is CC(C)(C)c1cc(Br)c(CSC(=S)NC2CCS(=O)(=O)C2)c(C(C)(C)C)c1. The normalized spacial score (nSPS) is 19.9. The Morgan fingerprint density at radius 1 is 1.22 bits per heavy atom. The van der Waals surface area contributed by atoms with Crippen LogP contribution in [0.2, 0.25) is 0 Å². The maximum atomic E-state index is 11.6. The van der Waals surface area contributed by atoms with Crippen molar-refractivity contribution in [3.63, 3.8) is 0 Å². The van der Waals surface area contributed by atoms with Crippen LogP contribution in [0.25, 0.3) is 0 Å². The molecule has 1 aliphatic heterocycles. The molecule has 1 aromatic carbocycles. The number of hydrogen-bond donors (Lipinski definition) is 1. The van der Waals surface area contributed by atoms with Gasteiger partial charge in [0.05, 0.1) is 11.5 Å². The summed E-state index contributed by atoms with van der Waals surface area (Å²) in [5, 5.41) is 3.22. The van der Waals surface area contributed by atoms with Crippen molar-refractivity contribution in [1.29, 1.82) is 0 Å². The van der Waals surface area contributed by atoms with Gasteiger partial charge in [-0.1, -0.05) is 87.5 Å². The van der Waals surface area contributed by atoms with Gasteiger partial charge < -0.3 is 5.32 Å². The Hall–Kier alpha value is -0.110. The molecule has 0 aliphatic carbocycles. The van der Waals surface area contributed by atoms with E-state index in [1.165, 1.54) is 16.7 Å². The van der Waals surface area contributed by atoms with E-state index >= 15 is 0 Å². The lowest BCUT2D eigenvalue weighted by Crippen LogP contribution is -2.32. The highest BCUT2D eigenvalue weighted by atomic mass is 79.9. The van der Waals surface area contributed by atoms with Gasteiger partial charge in [0.2, 0.25) is 0 Å². The number of sulfone groups is 1. The van der Waals surface area contributed by atoms with Gasteiger partial charge in [-0.3, -0.25) is 0 Å². The largest absolute Gasteiger partial charge is 0.367 e. The molecule has 0 bridgehead atoms. The fraction of sp³-hybridized carbons (Fsp3) is 0.650. The summed E-state index contributed by atoms with van der Waals surface area (Å²) in [4.78, 5) is 0. The zero-order chi connectivity index (χ0) is 20.6. The van der Waals surface area contributed by atoms with E-state index in [1.807, 2.05) is 0 Å². The van der Waals surface area contributed by atoms with Crippen LogP contribution in [0.3, 0.4) is 0 Å². The highest BCUT2D eigenvalue weighted by Gasteiger charge is 2.29. The average Bonchev–Trinajstić information content (AvgIpc) is 2.82. The molecule has 1 fully saturated rings. The Bertz CT molecular complexity index is 821. The first-order valence-corrected chi connectivity index (χ1v) is 13.2. The third-order valence-electron chi connectivity index (χ3n) is 4.77. The molecule has 0 saturated carbocycles. The number of thioether (sulfide) groups is 1. The van der Waals surface area contributed by atoms with E-state index in [4.69, 9.17) is 12.2 Å². The van der Waals surface area contributed by atoms with E-state index < -0.39 is 9.84 Å². The molecular weight excluding hydrogens is 462 g/mol. The summed E-state index contributed by atoms with van der Waals surface area (Å²) in [5.41, 5.74) is 3.99. The lowest BCUT2D eigenvalue weighted by molar-refractivity contribution is 0.564. The predicted octanol–water partition coefficient (Wildman–Crippen LogP) is 5.34. The average molecular weight is 493 g/mol. The maximum Gasteiger partial charge on any atom is 0.152 e. The van der Waals surface area contributed by atoms with Crippen molar-refractivity contribution >= 4 is 54.1 Å². The minimum Gasteiger partial charge on any atom is -0.367 e. The smallest absolute Gasteiger partial charge is 0.152 e. The summed E-state index contributed by atoms with van der Waals surface area (Å²) in [6, 6.07) is 4.48. The van der Waals surface area contributed by atoms with Crippen LogP contribution in [0.5, 0.6) is 0 Å². The van der Waals surface area contributed by atoms with Gasteiger partial charge in [0, 0.05) is 16.3 Å². The van der Waals surface area contributed by atoms with Crippen LogP contribution in [-0.4, -0.2) is 30.3 Å². The minimum atomic E-state index is -2.90. The third kappa shape index (κ3) is 6.44. The molecule has 152 valence electrons. The molecule has 0 amide bonds. The number of nitrogens with one attached hydrogen (secondary N) is 1. The molecule has 1 atom stereocenters. The monoisotopic (exact) mass is 491 g/mol. The van der Waals surface area contributed by atoms with Crippen LogP contribution in [0.4, 0.5) is 0 Å². The van der Waals surface area contributed by atoms with Crippen molar-refractivity contribution in [1.82, 2.24) is 5.32 Å². The molecule has 1 saturated heterocycles. The minimum absolute atomic E-state index is 0.0221. The van der Waals surface area contributed by atoms with Crippen LogP contribution < -0.4 is 5.32 Å². The van der Waals surface area contributed by atoms with Gasteiger partial charge in [0.15, 0.2) is 9.84 Å². The molecule has 1 aliphatic rings. The quantitative estimate of drug-likeness (QED) is 0.578. The molecule has 1 aromatic rings. The van der Waals surface area contributed by atoms with Gasteiger partial charge in [-0.15, -0.1) is 0 Å². The molecule has 27 heavy (non-hydrogen) atoms. The van der Waals surface area contributed by atoms with E-state index in [9.17, 15) is 8.42 Å². The second-order valence-corrected chi connectivity index (χ2v) is 14.0. The van der Waals surface area contributed by atoms with Gasteiger partial charge in [-0.25, -0.2) is 8.42 Å². The fourth-order valence-electron chi connectivity index (χ4n) is 3.14. The first-order chi connectivity index (χ1) is 12.2. The van der Waals surface area contributed by atoms with Crippen molar-refractivity contribution in [3.05, 3.63) is 33.3 Å². The second kappa shape index (κ2) is 8.33. The van der Waals surface area contributed by atoms with Crippen LogP contribution in [0.15, 0.2) is 16.6 Å². The number of benzene rings is 1. The van der Waals surface area contributed by atoms with Gasteiger partial charge in [0.25, 0.3) is 0 Å². The molecule has 1 unspecified atom stereocenters. The summed E-state index contributed by atoms with van der Waals surface area (Å²) in [5.74, 6) is 1.19.